The molecule has 0 unspecified atom stereocenters. The first kappa shape index (κ1) is 7.62. The van der Waals surface area contributed by atoms with Gasteiger partial charge in [0, 0.05) is 21.6 Å². The van der Waals surface area contributed by atoms with Gasteiger partial charge < -0.3 is 4.98 Å². The summed E-state index contributed by atoms with van der Waals surface area (Å²) in [5, 5.41) is 1.20. The molecule has 1 aromatic carbocycles. The molecule has 12 heavy (non-hydrogen) atoms. The van der Waals surface area contributed by atoms with Gasteiger partial charge in [-0.15, -0.1) is 0 Å². The topological polar surface area (TPSA) is 15.8 Å². The van der Waals surface area contributed by atoms with E-state index in [-0.39, 0.29) is 0 Å². The van der Waals surface area contributed by atoms with Crippen molar-refractivity contribution in [1.82, 2.24) is 4.98 Å². The van der Waals surface area contributed by atoms with Gasteiger partial charge in [0.15, 0.2) is 0 Å². The van der Waals surface area contributed by atoms with E-state index in [1.54, 1.807) is 0 Å². The zero-order chi connectivity index (χ0) is 8.55. The fourth-order valence-corrected chi connectivity index (χ4v) is 1.67. The van der Waals surface area contributed by atoms with Crippen molar-refractivity contribution in [3.05, 3.63) is 41.0 Å². The maximum Gasteiger partial charge on any atom is 0.0466 e. The molecule has 0 aliphatic rings. The summed E-state index contributed by atoms with van der Waals surface area (Å²) in [6, 6.07) is 6.19. The fraction of sp³-hybridized carbons (Fsp3) is 0. The van der Waals surface area contributed by atoms with Crippen molar-refractivity contribution >= 4 is 32.9 Å². The van der Waals surface area contributed by atoms with Gasteiger partial charge in [0.05, 0.1) is 0 Å². The number of hydrogen-bond donors (Lipinski definition) is 1. The maximum absolute atomic E-state index is 3.73. The summed E-state index contributed by atoms with van der Waals surface area (Å²) in [7, 11) is 0. The molecule has 2 rings (SSSR count). The second-order valence-electron chi connectivity index (χ2n) is 2.65. The number of halogens is 1. The molecule has 0 atom stereocenters. The molecule has 2 aromatic rings. The van der Waals surface area contributed by atoms with Gasteiger partial charge in [-0.3, -0.25) is 0 Å². The lowest BCUT2D eigenvalue weighted by Gasteiger charge is -1.93. The number of fused-ring (bicyclic) bond motifs is 1. The van der Waals surface area contributed by atoms with Gasteiger partial charge in [0.2, 0.25) is 0 Å². The highest BCUT2D eigenvalue weighted by atomic mass is 79.9. The third kappa shape index (κ3) is 1.08. The smallest absolute Gasteiger partial charge is 0.0466 e. The van der Waals surface area contributed by atoms with Gasteiger partial charge >= 0.3 is 0 Å². The number of aromatic nitrogens is 1. The van der Waals surface area contributed by atoms with Crippen molar-refractivity contribution in [2.45, 2.75) is 0 Å². The van der Waals surface area contributed by atoms with E-state index in [9.17, 15) is 0 Å². The summed E-state index contributed by atoms with van der Waals surface area (Å²) >= 11 is 3.46. The standard InChI is InChI=1S/C10H8BrN/c1-2-7-3-4-10-8(5-7)9(11)6-12-10/h2-6,12H,1H2. The largest absolute Gasteiger partial charge is 0.360 e. The Morgan fingerprint density at radius 2 is 2.25 bits per heavy atom. The minimum Gasteiger partial charge on any atom is -0.360 e. The first-order valence-corrected chi connectivity index (χ1v) is 4.49. The monoisotopic (exact) mass is 221 g/mol. The second kappa shape index (κ2) is 2.79. The van der Waals surface area contributed by atoms with E-state index in [1.165, 1.54) is 5.39 Å². The molecule has 1 aromatic heterocycles. The lowest BCUT2D eigenvalue weighted by molar-refractivity contribution is 1.47. The molecule has 2 heteroatoms. The quantitative estimate of drug-likeness (QED) is 0.759. The summed E-state index contributed by atoms with van der Waals surface area (Å²) in [5.41, 5.74) is 2.29. The van der Waals surface area contributed by atoms with Crippen LogP contribution in [0.4, 0.5) is 0 Å². The van der Waals surface area contributed by atoms with Crippen molar-refractivity contribution in [2.75, 3.05) is 0 Å². The van der Waals surface area contributed by atoms with Crippen molar-refractivity contribution < 1.29 is 0 Å². The third-order valence-corrected chi connectivity index (χ3v) is 2.55. The summed E-state index contributed by atoms with van der Waals surface area (Å²) in [6.07, 6.45) is 3.79. The highest BCUT2D eigenvalue weighted by Crippen LogP contribution is 2.24. The van der Waals surface area contributed by atoms with Crippen LogP contribution in [0.2, 0.25) is 0 Å². The molecule has 0 aliphatic heterocycles. The van der Waals surface area contributed by atoms with Gasteiger partial charge in [-0.1, -0.05) is 18.7 Å². The molecule has 0 aliphatic carbocycles. The molecule has 1 nitrogen and oxygen atoms in total. The van der Waals surface area contributed by atoms with E-state index in [0.29, 0.717) is 0 Å². The SMILES string of the molecule is C=Cc1ccc2[nH]cc(Br)c2c1. The van der Waals surface area contributed by atoms with E-state index in [4.69, 9.17) is 0 Å². The lowest BCUT2D eigenvalue weighted by Crippen LogP contribution is -1.71. The summed E-state index contributed by atoms with van der Waals surface area (Å²) in [6.45, 7) is 3.73. The number of H-pyrrole nitrogens is 1. The van der Waals surface area contributed by atoms with E-state index < -0.39 is 0 Å². The van der Waals surface area contributed by atoms with Crippen LogP contribution in [-0.4, -0.2) is 4.98 Å². The van der Waals surface area contributed by atoms with Gasteiger partial charge in [-0.2, -0.15) is 0 Å². The molecule has 0 fully saturated rings. The Morgan fingerprint density at radius 3 is 3.00 bits per heavy atom. The van der Waals surface area contributed by atoms with Gasteiger partial charge in [0.25, 0.3) is 0 Å². The van der Waals surface area contributed by atoms with Crippen LogP contribution in [0.15, 0.2) is 35.4 Å². The highest BCUT2D eigenvalue weighted by molar-refractivity contribution is 9.10. The average Bonchev–Trinajstić information content (AvgIpc) is 2.47. The maximum atomic E-state index is 3.73. The number of nitrogens with one attached hydrogen (secondary N) is 1. The Bertz CT molecular complexity index is 428. The minimum atomic E-state index is 1.10. The Balaban J connectivity index is 2.79. The van der Waals surface area contributed by atoms with Crippen LogP contribution >= 0.6 is 15.9 Å². The van der Waals surface area contributed by atoms with E-state index in [0.717, 1.165) is 15.6 Å². The zero-order valence-electron chi connectivity index (χ0n) is 6.47. The van der Waals surface area contributed by atoms with Gasteiger partial charge in [-0.25, -0.2) is 0 Å². The van der Waals surface area contributed by atoms with E-state index in [2.05, 4.69) is 39.6 Å². The Labute approximate surface area is 79.2 Å². The van der Waals surface area contributed by atoms with Crippen LogP contribution in [0.1, 0.15) is 5.56 Å². The van der Waals surface area contributed by atoms with Crippen molar-refractivity contribution in [3.63, 3.8) is 0 Å². The number of rotatable bonds is 1. The summed E-state index contributed by atoms with van der Waals surface area (Å²) in [5.74, 6) is 0. The molecule has 0 amide bonds. The summed E-state index contributed by atoms with van der Waals surface area (Å²) in [4.78, 5) is 3.16. The first-order valence-electron chi connectivity index (χ1n) is 3.70. The number of aromatic amines is 1. The number of benzene rings is 1. The Hall–Kier alpha value is -1.02. The minimum absolute atomic E-state index is 1.10. The molecule has 1 heterocycles. The third-order valence-electron chi connectivity index (χ3n) is 1.89. The molecule has 0 bridgehead atoms. The zero-order valence-corrected chi connectivity index (χ0v) is 8.06. The molecule has 1 N–H and O–H groups in total. The summed E-state index contributed by atoms with van der Waals surface area (Å²) < 4.78 is 1.10. The second-order valence-corrected chi connectivity index (χ2v) is 3.50. The van der Waals surface area contributed by atoms with Gasteiger partial charge in [0.1, 0.15) is 0 Å². The highest BCUT2D eigenvalue weighted by Gasteiger charge is 1.99. The van der Waals surface area contributed by atoms with Crippen molar-refractivity contribution in [3.8, 4) is 0 Å². The van der Waals surface area contributed by atoms with Crippen LogP contribution < -0.4 is 0 Å². The Kier molecular flexibility index (Phi) is 1.77. The molecule has 60 valence electrons. The van der Waals surface area contributed by atoms with Crippen LogP contribution in [0.3, 0.4) is 0 Å². The average molecular weight is 222 g/mol. The predicted molar refractivity (Wildman–Crippen MR) is 56.1 cm³/mol. The molecule has 0 radical (unpaired) electrons. The van der Waals surface area contributed by atoms with Crippen LogP contribution in [0.25, 0.3) is 17.0 Å². The molecule has 0 saturated carbocycles. The number of hydrogen-bond acceptors (Lipinski definition) is 0. The fourth-order valence-electron chi connectivity index (χ4n) is 1.23. The molecular formula is C10H8BrN. The van der Waals surface area contributed by atoms with Crippen LogP contribution in [0, 0.1) is 0 Å². The molecule has 0 saturated heterocycles. The normalized spacial score (nSPS) is 10.4. The Morgan fingerprint density at radius 1 is 1.42 bits per heavy atom. The van der Waals surface area contributed by atoms with Crippen LogP contribution in [0.5, 0.6) is 0 Å². The van der Waals surface area contributed by atoms with E-state index >= 15 is 0 Å². The van der Waals surface area contributed by atoms with Crippen LogP contribution in [-0.2, 0) is 0 Å². The molecule has 0 spiro atoms. The van der Waals surface area contributed by atoms with E-state index in [1.807, 2.05) is 18.3 Å². The molecular weight excluding hydrogens is 214 g/mol. The van der Waals surface area contributed by atoms with Crippen molar-refractivity contribution in [2.24, 2.45) is 0 Å². The lowest BCUT2D eigenvalue weighted by atomic mass is 10.1. The van der Waals surface area contributed by atoms with Crippen molar-refractivity contribution in [1.29, 1.82) is 0 Å². The van der Waals surface area contributed by atoms with Gasteiger partial charge in [-0.05, 0) is 33.6 Å². The predicted octanol–water partition coefficient (Wildman–Crippen LogP) is 3.57. The first-order chi connectivity index (χ1) is 5.81.